The lowest BCUT2D eigenvalue weighted by Crippen LogP contribution is -2.33. The molecular formula is C13H16N4O2. The van der Waals surface area contributed by atoms with Crippen LogP contribution in [0.25, 0.3) is 5.69 Å². The molecule has 0 bridgehead atoms. The summed E-state index contributed by atoms with van der Waals surface area (Å²) in [4.78, 5) is 14.1. The van der Waals surface area contributed by atoms with E-state index < -0.39 is 0 Å². The molecule has 0 saturated carbocycles. The molecule has 2 aromatic rings. The molecule has 4 N–H and O–H groups in total. The van der Waals surface area contributed by atoms with Crippen molar-refractivity contribution in [3.63, 3.8) is 0 Å². The Kier molecular flexibility index (Phi) is 3.00. The van der Waals surface area contributed by atoms with Crippen molar-refractivity contribution < 1.29 is 4.74 Å². The third-order valence-electron chi connectivity index (χ3n) is 3.28. The number of ether oxygens (including phenoxy) is 1. The highest BCUT2D eigenvalue weighted by atomic mass is 16.5. The lowest BCUT2D eigenvalue weighted by atomic mass is 10.2. The van der Waals surface area contributed by atoms with Gasteiger partial charge in [-0.1, -0.05) is 0 Å². The zero-order valence-corrected chi connectivity index (χ0v) is 10.4. The molecule has 1 atom stereocenters. The van der Waals surface area contributed by atoms with Gasteiger partial charge in [-0.2, -0.15) is 0 Å². The molecule has 1 saturated heterocycles. The number of nitrogens with zero attached hydrogens (tertiary/aromatic N) is 1. The maximum atomic E-state index is 11.5. The van der Waals surface area contributed by atoms with Crippen LogP contribution in [0.2, 0.25) is 0 Å². The van der Waals surface area contributed by atoms with Crippen LogP contribution in [0.5, 0.6) is 0 Å². The quantitative estimate of drug-likeness (QED) is 0.714. The molecule has 19 heavy (non-hydrogen) atoms. The number of hydrogen-bond donors (Lipinski definition) is 3. The Bertz CT molecular complexity index is 628. The van der Waals surface area contributed by atoms with Gasteiger partial charge in [0.25, 0.3) is 0 Å². The molecular weight excluding hydrogens is 244 g/mol. The number of rotatable bonds is 4. The summed E-state index contributed by atoms with van der Waals surface area (Å²) in [6.45, 7) is 1.60. The fraction of sp³-hybridized carbons (Fsp3) is 0.308. The van der Waals surface area contributed by atoms with Crippen LogP contribution >= 0.6 is 0 Å². The number of imidazole rings is 1. The minimum Gasteiger partial charge on any atom is -0.397 e. The summed E-state index contributed by atoms with van der Waals surface area (Å²) in [6.07, 6.45) is 4.64. The number of nitrogens with one attached hydrogen (secondary N) is 2. The molecule has 1 aromatic heterocycles. The molecule has 1 fully saturated rings. The summed E-state index contributed by atoms with van der Waals surface area (Å²) in [5.74, 6) is 0. The molecule has 0 amide bonds. The number of aromatic amines is 1. The standard InChI is InChI=1S/C13H16N4O2/c14-11-7-9(17-5-4-15-13(17)18)1-2-12(11)16-8-10-3-6-19-10/h1-2,4-5,7,10,16H,3,6,8,14H2,(H,15,18). The summed E-state index contributed by atoms with van der Waals surface area (Å²) >= 11 is 0. The van der Waals surface area contributed by atoms with E-state index in [0.29, 0.717) is 5.69 Å². The third kappa shape index (κ3) is 2.34. The summed E-state index contributed by atoms with van der Waals surface area (Å²) in [5.41, 5.74) is 8.04. The molecule has 0 spiro atoms. The van der Waals surface area contributed by atoms with Gasteiger partial charge in [-0.3, -0.25) is 4.57 Å². The molecule has 100 valence electrons. The molecule has 1 aromatic carbocycles. The van der Waals surface area contributed by atoms with E-state index in [1.807, 2.05) is 12.1 Å². The molecule has 0 radical (unpaired) electrons. The highest BCUT2D eigenvalue weighted by molar-refractivity contribution is 5.69. The normalized spacial score (nSPS) is 18.0. The van der Waals surface area contributed by atoms with Crippen molar-refractivity contribution in [2.24, 2.45) is 0 Å². The minimum absolute atomic E-state index is 0.178. The predicted octanol–water partition coefficient (Wildman–Crippen LogP) is 0.949. The van der Waals surface area contributed by atoms with Gasteiger partial charge in [0, 0.05) is 25.5 Å². The molecule has 6 heteroatoms. The topological polar surface area (TPSA) is 85.1 Å². The van der Waals surface area contributed by atoms with Crippen LogP contribution in [0.1, 0.15) is 6.42 Å². The van der Waals surface area contributed by atoms with E-state index in [4.69, 9.17) is 10.5 Å². The molecule has 1 unspecified atom stereocenters. The minimum atomic E-state index is -0.178. The zero-order valence-electron chi connectivity index (χ0n) is 10.4. The fourth-order valence-corrected chi connectivity index (χ4v) is 2.05. The first-order chi connectivity index (χ1) is 9.24. The Morgan fingerprint density at radius 1 is 1.53 bits per heavy atom. The first-order valence-electron chi connectivity index (χ1n) is 6.25. The van der Waals surface area contributed by atoms with Gasteiger partial charge in [0.15, 0.2) is 0 Å². The number of nitrogen functional groups attached to an aromatic ring is 1. The average molecular weight is 260 g/mol. The number of H-pyrrole nitrogens is 1. The highest BCUT2D eigenvalue weighted by Crippen LogP contribution is 2.22. The van der Waals surface area contributed by atoms with Gasteiger partial charge >= 0.3 is 5.69 Å². The largest absolute Gasteiger partial charge is 0.397 e. The van der Waals surface area contributed by atoms with Gasteiger partial charge in [-0.25, -0.2) is 4.79 Å². The maximum absolute atomic E-state index is 11.5. The van der Waals surface area contributed by atoms with Crippen LogP contribution in [0.4, 0.5) is 11.4 Å². The van der Waals surface area contributed by atoms with Crippen LogP contribution in [-0.2, 0) is 4.74 Å². The van der Waals surface area contributed by atoms with Crippen LogP contribution in [0, 0.1) is 0 Å². The molecule has 2 heterocycles. The van der Waals surface area contributed by atoms with Crippen LogP contribution < -0.4 is 16.7 Å². The molecule has 6 nitrogen and oxygen atoms in total. The number of hydrogen-bond acceptors (Lipinski definition) is 4. The maximum Gasteiger partial charge on any atom is 0.330 e. The van der Waals surface area contributed by atoms with Gasteiger partial charge in [-0.15, -0.1) is 0 Å². The molecule has 1 aliphatic heterocycles. The second-order valence-corrected chi connectivity index (χ2v) is 4.57. The Balaban J connectivity index is 1.77. The number of anilines is 2. The van der Waals surface area contributed by atoms with Crippen molar-refractivity contribution >= 4 is 11.4 Å². The summed E-state index contributed by atoms with van der Waals surface area (Å²) in [6, 6.07) is 5.51. The van der Waals surface area contributed by atoms with Crippen molar-refractivity contribution in [1.82, 2.24) is 9.55 Å². The van der Waals surface area contributed by atoms with Crippen molar-refractivity contribution in [1.29, 1.82) is 0 Å². The lowest BCUT2D eigenvalue weighted by Gasteiger charge is -2.27. The number of benzene rings is 1. The molecule has 0 aliphatic carbocycles. The summed E-state index contributed by atoms with van der Waals surface area (Å²) in [5, 5.41) is 3.26. The smallest absolute Gasteiger partial charge is 0.330 e. The summed E-state index contributed by atoms with van der Waals surface area (Å²) in [7, 11) is 0. The van der Waals surface area contributed by atoms with Crippen LogP contribution in [0.15, 0.2) is 35.4 Å². The monoisotopic (exact) mass is 260 g/mol. The highest BCUT2D eigenvalue weighted by Gasteiger charge is 2.17. The van der Waals surface area contributed by atoms with Crippen LogP contribution in [0.3, 0.4) is 0 Å². The van der Waals surface area contributed by atoms with Gasteiger partial charge in [0.05, 0.1) is 23.2 Å². The van der Waals surface area contributed by atoms with E-state index >= 15 is 0 Å². The van der Waals surface area contributed by atoms with Gasteiger partial charge in [-0.05, 0) is 24.6 Å². The van der Waals surface area contributed by atoms with Crippen molar-refractivity contribution in [3.8, 4) is 5.69 Å². The molecule has 3 rings (SSSR count). The fourth-order valence-electron chi connectivity index (χ4n) is 2.05. The van der Waals surface area contributed by atoms with E-state index in [2.05, 4.69) is 10.3 Å². The Labute approximate surface area is 110 Å². The average Bonchev–Trinajstić information content (AvgIpc) is 2.75. The number of nitrogens with two attached hydrogens (primary N) is 1. The van der Waals surface area contributed by atoms with Crippen molar-refractivity contribution in [3.05, 3.63) is 41.1 Å². The van der Waals surface area contributed by atoms with E-state index in [0.717, 1.165) is 30.9 Å². The van der Waals surface area contributed by atoms with E-state index in [1.54, 1.807) is 18.5 Å². The van der Waals surface area contributed by atoms with E-state index in [9.17, 15) is 4.79 Å². The van der Waals surface area contributed by atoms with E-state index in [-0.39, 0.29) is 11.8 Å². The first-order valence-corrected chi connectivity index (χ1v) is 6.25. The lowest BCUT2D eigenvalue weighted by molar-refractivity contribution is -0.0410. The molecule has 1 aliphatic rings. The Morgan fingerprint density at radius 3 is 2.95 bits per heavy atom. The summed E-state index contributed by atoms with van der Waals surface area (Å²) < 4.78 is 6.85. The zero-order chi connectivity index (χ0) is 13.2. The Hall–Kier alpha value is -2.21. The van der Waals surface area contributed by atoms with Crippen molar-refractivity contribution in [2.45, 2.75) is 12.5 Å². The van der Waals surface area contributed by atoms with Gasteiger partial charge in [0.2, 0.25) is 0 Å². The third-order valence-corrected chi connectivity index (χ3v) is 3.28. The van der Waals surface area contributed by atoms with Crippen LogP contribution in [-0.4, -0.2) is 28.8 Å². The van der Waals surface area contributed by atoms with E-state index in [1.165, 1.54) is 4.57 Å². The second-order valence-electron chi connectivity index (χ2n) is 4.57. The predicted molar refractivity (Wildman–Crippen MR) is 73.6 cm³/mol. The number of aromatic nitrogens is 2. The van der Waals surface area contributed by atoms with Crippen molar-refractivity contribution in [2.75, 3.05) is 24.2 Å². The SMILES string of the molecule is Nc1cc(-n2cc[nH]c2=O)ccc1NCC1CCO1. The van der Waals surface area contributed by atoms with Gasteiger partial charge < -0.3 is 20.8 Å². The first kappa shape index (κ1) is 11.9. The van der Waals surface area contributed by atoms with Gasteiger partial charge in [0.1, 0.15) is 0 Å². The second kappa shape index (κ2) is 4.81. The Morgan fingerprint density at radius 2 is 2.37 bits per heavy atom.